The highest BCUT2D eigenvalue weighted by atomic mass is 15.1. The Balaban J connectivity index is 1.83. The minimum absolute atomic E-state index is 0.0386. The largest absolute Gasteiger partial charge is 0.399 e. The number of rotatable bonds is 2. The smallest absolute Gasteiger partial charge is 0.107 e. The predicted molar refractivity (Wildman–Crippen MR) is 94.2 cm³/mol. The van der Waals surface area contributed by atoms with Gasteiger partial charge < -0.3 is 11.1 Å². The van der Waals surface area contributed by atoms with Crippen molar-refractivity contribution < 1.29 is 0 Å². The summed E-state index contributed by atoms with van der Waals surface area (Å²) < 4.78 is 0. The van der Waals surface area contributed by atoms with E-state index in [2.05, 4.69) is 50.4 Å². The molecule has 3 heteroatoms. The molecule has 0 saturated heterocycles. The maximum absolute atomic E-state index is 5.74. The second kappa shape index (κ2) is 5.48. The lowest BCUT2D eigenvalue weighted by molar-refractivity contribution is 0.469. The Morgan fingerprint density at radius 3 is 2.32 bits per heavy atom. The Labute approximate surface area is 132 Å². The van der Waals surface area contributed by atoms with Gasteiger partial charge in [0.25, 0.3) is 0 Å². The number of amidine groups is 1. The number of nitrogens with zero attached hydrogens (tertiary/aromatic N) is 1. The Hall–Kier alpha value is -2.29. The van der Waals surface area contributed by atoms with Crippen LogP contribution in [0, 0.1) is 12.3 Å². The SMILES string of the molecule is Cc1ccc(C2CC(C)(C)C(Nc3ccc(N)cc3)=N2)cc1. The molecule has 0 spiro atoms. The van der Waals surface area contributed by atoms with Crippen LogP contribution in [0.1, 0.15) is 37.4 Å². The number of anilines is 2. The van der Waals surface area contributed by atoms with Crippen LogP contribution in [0.5, 0.6) is 0 Å². The molecule has 0 fully saturated rings. The van der Waals surface area contributed by atoms with Crippen LogP contribution in [0.4, 0.5) is 11.4 Å². The number of benzene rings is 2. The van der Waals surface area contributed by atoms with Gasteiger partial charge in [-0.05, 0) is 43.2 Å². The molecule has 1 atom stereocenters. The van der Waals surface area contributed by atoms with Gasteiger partial charge in [-0.15, -0.1) is 0 Å². The van der Waals surface area contributed by atoms with Gasteiger partial charge in [0.05, 0.1) is 6.04 Å². The fourth-order valence-corrected chi connectivity index (χ4v) is 2.84. The summed E-state index contributed by atoms with van der Waals surface area (Å²) in [5.74, 6) is 1.04. The first-order chi connectivity index (χ1) is 10.4. The lowest BCUT2D eigenvalue weighted by Gasteiger charge is -2.22. The number of hydrogen-bond donors (Lipinski definition) is 2. The van der Waals surface area contributed by atoms with Gasteiger partial charge in [-0.2, -0.15) is 0 Å². The van der Waals surface area contributed by atoms with E-state index in [1.54, 1.807) is 0 Å². The molecular formula is C19H23N3. The third kappa shape index (κ3) is 2.98. The molecular weight excluding hydrogens is 270 g/mol. The highest BCUT2D eigenvalue weighted by molar-refractivity contribution is 6.00. The molecule has 1 heterocycles. The number of aryl methyl sites for hydroxylation is 1. The summed E-state index contributed by atoms with van der Waals surface area (Å²) in [5.41, 5.74) is 10.2. The average molecular weight is 293 g/mol. The molecule has 1 aliphatic heterocycles. The maximum atomic E-state index is 5.74. The molecule has 22 heavy (non-hydrogen) atoms. The highest BCUT2D eigenvalue weighted by Crippen LogP contribution is 2.40. The van der Waals surface area contributed by atoms with Crippen molar-refractivity contribution in [3.63, 3.8) is 0 Å². The van der Waals surface area contributed by atoms with Crippen LogP contribution in [-0.4, -0.2) is 5.84 Å². The van der Waals surface area contributed by atoms with Gasteiger partial charge in [-0.1, -0.05) is 43.7 Å². The first-order valence-electron chi connectivity index (χ1n) is 7.71. The summed E-state index contributed by atoms with van der Waals surface area (Å²) >= 11 is 0. The van der Waals surface area contributed by atoms with E-state index in [-0.39, 0.29) is 11.5 Å². The first kappa shape index (κ1) is 14.6. The summed E-state index contributed by atoms with van der Waals surface area (Å²) in [6.07, 6.45) is 1.02. The van der Waals surface area contributed by atoms with Crippen LogP contribution in [0.15, 0.2) is 53.5 Å². The van der Waals surface area contributed by atoms with Gasteiger partial charge in [0.15, 0.2) is 0 Å². The van der Waals surface area contributed by atoms with E-state index in [1.807, 2.05) is 24.3 Å². The molecule has 114 valence electrons. The van der Waals surface area contributed by atoms with E-state index in [0.29, 0.717) is 0 Å². The number of hydrogen-bond acceptors (Lipinski definition) is 3. The fraction of sp³-hybridized carbons (Fsp3) is 0.316. The van der Waals surface area contributed by atoms with Crippen molar-refractivity contribution in [1.29, 1.82) is 0 Å². The minimum atomic E-state index is 0.0386. The zero-order valence-electron chi connectivity index (χ0n) is 13.4. The second-order valence-corrected chi connectivity index (χ2v) is 6.74. The average Bonchev–Trinajstić information content (AvgIpc) is 2.77. The van der Waals surface area contributed by atoms with Crippen LogP contribution < -0.4 is 11.1 Å². The molecule has 0 aliphatic carbocycles. The van der Waals surface area contributed by atoms with Crippen LogP contribution in [0.3, 0.4) is 0 Å². The molecule has 0 aromatic heterocycles. The van der Waals surface area contributed by atoms with E-state index in [9.17, 15) is 0 Å². The molecule has 0 bridgehead atoms. The summed E-state index contributed by atoms with van der Waals surface area (Å²) in [5, 5.41) is 3.46. The number of nitrogens with one attached hydrogen (secondary N) is 1. The maximum Gasteiger partial charge on any atom is 0.107 e. The van der Waals surface area contributed by atoms with E-state index >= 15 is 0 Å². The Morgan fingerprint density at radius 1 is 1.05 bits per heavy atom. The third-order valence-corrected chi connectivity index (χ3v) is 4.27. The zero-order valence-corrected chi connectivity index (χ0v) is 13.4. The predicted octanol–water partition coefficient (Wildman–Crippen LogP) is 4.56. The van der Waals surface area contributed by atoms with E-state index in [1.165, 1.54) is 11.1 Å². The van der Waals surface area contributed by atoms with Gasteiger partial charge in [0.1, 0.15) is 5.84 Å². The normalized spacial score (nSPS) is 19.8. The van der Waals surface area contributed by atoms with Gasteiger partial charge in [0, 0.05) is 16.8 Å². The van der Waals surface area contributed by atoms with Gasteiger partial charge >= 0.3 is 0 Å². The van der Waals surface area contributed by atoms with Crippen molar-refractivity contribution in [3.8, 4) is 0 Å². The molecule has 0 amide bonds. The Kier molecular flexibility index (Phi) is 3.65. The number of aliphatic imine (C=N–C) groups is 1. The van der Waals surface area contributed by atoms with E-state index in [0.717, 1.165) is 23.6 Å². The van der Waals surface area contributed by atoms with Crippen LogP contribution in [-0.2, 0) is 0 Å². The quantitative estimate of drug-likeness (QED) is 0.797. The lowest BCUT2D eigenvalue weighted by atomic mass is 9.86. The third-order valence-electron chi connectivity index (χ3n) is 4.27. The van der Waals surface area contributed by atoms with Gasteiger partial charge in [0.2, 0.25) is 0 Å². The number of nitrogen functional groups attached to an aromatic ring is 1. The fourth-order valence-electron chi connectivity index (χ4n) is 2.84. The molecule has 1 aliphatic rings. The molecule has 0 saturated carbocycles. The van der Waals surface area contributed by atoms with Crippen molar-refractivity contribution in [2.75, 3.05) is 11.1 Å². The monoisotopic (exact) mass is 293 g/mol. The van der Waals surface area contributed by atoms with Crippen molar-refractivity contribution in [2.24, 2.45) is 10.4 Å². The van der Waals surface area contributed by atoms with Crippen LogP contribution >= 0.6 is 0 Å². The molecule has 2 aromatic rings. The van der Waals surface area contributed by atoms with Crippen molar-refractivity contribution >= 4 is 17.2 Å². The Morgan fingerprint density at radius 2 is 1.68 bits per heavy atom. The molecule has 2 aromatic carbocycles. The van der Waals surface area contributed by atoms with Crippen molar-refractivity contribution in [2.45, 2.75) is 33.2 Å². The van der Waals surface area contributed by atoms with Crippen molar-refractivity contribution in [3.05, 3.63) is 59.7 Å². The summed E-state index contributed by atoms with van der Waals surface area (Å²) in [4.78, 5) is 4.93. The first-order valence-corrected chi connectivity index (χ1v) is 7.71. The summed E-state index contributed by atoms with van der Waals surface area (Å²) in [7, 11) is 0. The van der Waals surface area contributed by atoms with Gasteiger partial charge in [-0.3, -0.25) is 4.99 Å². The van der Waals surface area contributed by atoms with Crippen LogP contribution in [0.2, 0.25) is 0 Å². The molecule has 3 rings (SSSR count). The van der Waals surface area contributed by atoms with Crippen LogP contribution in [0.25, 0.3) is 0 Å². The summed E-state index contributed by atoms with van der Waals surface area (Å²) in [6, 6.07) is 16.7. The standard InChI is InChI=1S/C19H23N3/c1-13-4-6-14(7-5-13)17-12-19(2,3)18(22-17)21-16-10-8-15(20)9-11-16/h4-11,17H,12,20H2,1-3H3,(H,21,22). The van der Waals surface area contributed by atoms with Gasteiger partial charge in [-0.25, -0.2) is 0 Å². The second-order valence-electron chi connectivity index (χ2n) is 6.74. The molecule has 3 N–H and O–H groups in total. The zero-order chi connectivity index (χ0) is 15.7. The molecule has 3 nitrogen and oxygen atoms in total. The Bertz CT molecular complexity index is 682. The molecule has 1 unspecified atom stereocenters. The summed E-state index contributed by atoms with van der Waals surface area (Å²) in [6.45, 7) is 6.59. The highest BCUT2D eigenvalue weighted by Gasteiger charge is 2.36. The lowest BCUT2D eigenvalue weighted by Crippen LogP contribution is -2.27. The van der Waals surface area contributed by atoms with E-state index < -0.39 is 0 Å². The van der Waals surface area contributed by atoms with Crippen molar-refractivity contribution in [1.82, 2.24) is 0 Å². The number of nitrogens with two attached hydrogens (primary N) is 1. The minimum Gasteiger partial charge on any atom is -0.399 e. The topological polar surface area (TPSA) is 50.4 Å². The van der Waals surface area contributed by atoms with E-state index in [4.69, 9.17) is 10.7 Å². The molecule has 0 radical (unpaired) electrons.